The summed E-state index contributed by atoms with van der Waals surface area (Å²) in [6.45, 7) is 1.66. The Morgan fingerprint density at radius 1 is 0.925 bits per heavy atom. The van der Waals surface area contributed by atoms with Gasteiger partial charge in [-0.2, -0.15) is 5.10 Å². The van der Waals surface area contributed by atoms with E-state index in [1.54, 1.807) is 36.8 Å². The molecule has 200 valence electrons. The van der Waals surface area contributed by atoms with Gasteiger partial charge in [-0.1, -0.05) is 12.8 Å². The molecule has 0 unspecified atom stereocenters. The number of benzene rings is 1. The Morgan fingerprint density at radius 2 is 1.77 bits per heavy atom. The van der Waals surface area contributed by atoms with Crippen molar-refractivity contribution in [3.05, 3.63) is 78.4 Å². The number of aromatic amines is 2. The van der Waals surface area contributed by atoms with E-state index in [1.807, 2.05) is 6.07 Å². The van der Waals surface area contributed by atoms with Crippen LogP contribution in [0.4, 0.5) is 8.78 Å². The Balaban J connectivity index is 1.23. The number of aromatic nitrogens is 7. The first-order valence-electron chi connectivity index (χ1n) is 13.4. The van der Waals surface area contributed by atoms with Gasteiger partial charge in [-0.05, 0) is 67.3 Å². The number of hydrogen-bond acceptors (Lipinski definition) is 6. The molecule has 40 heavy (non-hydrogen) atoms. The van der Waals surface area contributed by atoms with Crippen LogP contribution in [0, 0.1) is 17.6 Å². The average Bonchev–Trinajstić information content (AvgIpc) is 3.73. The van der Waals surface area contributed by atoms with Crippen molar-refractivity contribution in [3.63, 3.8) is 0 Å². The number of H-pyrrole nitrogens is 2. The van der Waals surface area contributed by atoms with Crippen LogP contribution in [0.1, 0.15) is 31.2 Å². The second-order valence-electron chi connectivity index (χ2n) is 10.3. The molecule has 10 heteroatoms. The second kappa shape index (κ2) is 10.2. The van der Waals surface area contributed by atoms with Gasteiger partial charge in [0.05, 0.1) is 16.6 Å². The summed E-state index contributed by atoms with van der Waals surface area (Å²) in [6, 6.07) is 9.79. The Kier molecular flexibility index (Phi) is 6.24. The second-order valence-corrected chi connectivity index (χ2v) is 10.3. The quantitative estimate of drug-likeness (QED) is 0.225. The van der Waals surface area contributed by atoms with Crippen molar-refractivity contribution < 1.29 is 8.78 Å². The van der Waals surface area contributed by atoms with Crippen molar-refractivity contribution in [1.82, 2.24) is 40.4 Å². The Labute approximate surface area is 228 Å². The molecular formula is C30H26F2N8. The number of fused-ring (bicyclic) bond motifs is 2. The summed E-state index contributed by atoms with van der Waals surface area (Å²) in [5.41, 5.74) is 5.18. The van der Waals surface area contributed by atoms with E-state index in [4.69, 9.17) is 4.98 Å². The summed E-state index contributed by atoms with van der Waals surface area (Å²) in [6.07, 6.45) is 11.8. The largest absolute Gasteiger partial charge is 0.336 e. The molecule has 1 aliphatic carbocycles. The van der Waals surface area contributed by atoms with Gasteiger partial charge in [0, 0.05) is 48.0 Å². The van der Waals surface area contributed by atoms with E-state index in [9.17, 15) is 4.39 Å². The molecule has 3 N–H and O–H groups in total. The number of halogens is 2. The van der Waals surface area contributed by atoms with Crippen molar-refractivity contribution in [2.75, 3.05) is 6.54 Å². The molecule has 8 nitrogen and oxygen atoms in total. The van der Waals surface area contributed by atoms with Crippen LogP contribution in [0.2, 0.25) is 0 Å². The van der Waals surface area contributed by atoms with Crippen molar-refractivity contribution in [1.29, 1.82) is 0 Å². The lowest BCUT2D eigenvalue weighted by atomic mass is 10.0. The summed E-state index contributed by atoms with van der Waals surface area (Å²) in [4.78, 5) is 21.2. The summed E-state index contributed by atoms with van der Waals surface area (Å²) >= 11 is 0. The van der Waals surface area contributed by atoms with Gasteiger partial charge in [0.2, 0.25) is 0 Å². The molecule has 0 spiro atoms. The first kappa shape index (κ1) is 24.5. The Morgan fingerprint density at radius 3 is 2.62 bits per heavy atom. The number of nitrogens with one attached hydrogen (secondary N) is 3. The molecule has 1 saturated carbocycles. The molecule has 1 aromatic carbocycles. The minimum atomic E-state index is -0.455. The minimum Gasteiger partial charge on any atom is -0.336 e. The molecule has 0 radical (unpaired) electrons. The van der Waals surface area contributed by atoms with E-state index in [1.165, 1.54) is 44.0 Å². The number of rotatable bonds is 7. The van der Waals surface area contributed by atoms with Crippen molar-refractivity contribution in [3.8, 4) is 33.9 Å². The fraction of sp³-hybridized carbons (Fsp3) is 0.233. The fourth-order valence-electron chi connectivity index (χ4n) is 5.56. The maximum Gasteiger partial charge on any atom is 0.159 e. The number of pyridine rings is 3. The molecular weight excluding hydrogens is 510 g/mol. The van der Waals surface area contributed by atoms with Crippen LogP contribution in [-0.2, 0) is 6.54 Å². The third-order valence-electron chi connectivity index (χ3n) is 7.61. The molecule has 0 saturated heterocycles. The third-order valence-corrected chi connectivity index (χ3v) is 7.61. The lowest BCUT2D eigenvalue weighted by Crippen LogP contribution is -2.20. The lowest BCUT2D eigenvalue weighted by Gasteiger charge is -2.11. The highest BCUT2D eigenvalue weighted by atomic mass is 19.1. The van der Waals surface area contributed by atoms with E-state index < -0.39 is 5.82 Å². The monoisotopic (exact) mass is 536 g/mol. The molecule has 0 atom stereocenters. The molecule has 0 bridgehead atoms. The van der Waals surface area contributed by atoms with Crippen LogP contribution in [-0.4, -0.2) is 41.7 Å². The van der Waals surface area contributed by atoms with Gasteiger partial charge >= 0.3 is 0 Å². The van der Waals surface area contributed by atoms with Crippen LogP contribution in [0.5, 0.6) is 0 Å². The van der Waals surface area contributed by atoms with E-state index in [0.29, 0.717) is 51.6 Å². The van der Waals surface area contributed by atoms with Gasteiger partial charge in [-0.25, -0.2) is 18.7 Å². The zero-order chi connectivity index (χ0) is 27.1. The number of hydrogen-bond donors (Lipinski definition) is 3. The molecule has 0 amide bonds. The topological polar surface area (TPSA) is 108 Å². The van der Waals surface area contributed by atoms with Crippen LogP contribution >= 0.6 is 0 Å². The highest BCUT2D eigenvalue weighted by Crippen LogP contribution is 2.34. The maximum atomic E-state index is 16.1. The minimum absolute atomic E-state index is 0.234. The molecule has 1 aliphatic rings. The van der Waals surface area contributed by atoms with Crippen molar-refractivity contribution in [2.45, 2.75) is 32.2 Å². The van der Waals surface area contributed by atoms with E-state index >= 15 is 4.39 Å². The predicted octanol–water partition coefficient (Wildman–Crippen LogP) is 6.18. The van der Waals surface area contributed by atoms with Gasteiger partial charge in [0.15, 0.2) is 11.5 Å². The smallest absolute Gasteiger partial charge is 0.159 e. The van der Waals surface area contributed by atoms with Crippen LogP contribution in [0.25, 0.3) is 56.0 Å². The highest BCUT2D eigenvalue weighted by Gasteiger charge is 2.22. The third kappa shape index (κ3) is 4.50. The summed E-state index contributed by atoms with van der Waals surface area (Å²) in [5, 5.41) is 10.9. The normalized spacial score (nSPS) is 14.1. The molecule has 5 aromatic heterocycles. The number of nitrogens with zero attached hydrogens (tertiary/aromatic N) is 5. The van der Waals surface area contributed by atoms with Gasteiger partial charge < -0.3 is 10.3 Å². The molecule has 1 fully saturated rings. The van der Waals surface area contributed by atoms with Gasteiger partial charge in [-0.15, -0.1) is 0 Å². The lowest BCUT2D eigenvalue weighted by molar-refractivity contribution is 0.489. The van der Waals surface area contributed by atoms with Crippen LogP contribution in [0.3, 0.4) is 0 Å². The van der Waals surface area contributed by atoms with Gasteiger partial charge in [0.25, 0.3) is 0 Å². The maximum absolute atomic E-state index is 16.1. The number of imidazole rings is 1. The first-order valence-corrected chi connectivity index (χ1v) is 13.4. The summed E-state index contributed by atoms with van der Waals surface area (Å²) < 4.78 is 29.6. The van der Waals surface area contributed by atoms with E-state index in [0.717, 1.165) is 23.6 Å². The van der Waals surface area contributed by atoms with Crippen molar-refractivity contribution in [2.24, 2.45) is 5.92 Å². The van der Waals surface area contributed by atoms with E-state index in [-0.39, 0.29) is 11.2 Å². The fourth-order valence-corrected chi connectivity index (χ4v) is 5.56. The first-order chi connectivity index (χ1) is 19.6. The standard InChI is InChI=1S/C30H26F2N8/c31-21-7-5-19(6-8-21)26-27-23(9-10-35-26)37-30(38-27)28-24-25(32)22(16-36-29(24)40-39-28)20-11-18(14-34-15-20)13-33-12-17-3-1-2-4-17/h5-11,14-17,33H,1-4,12-13H2,(H,37,38)(H,36,39,40). The zero-order valence-corrected chi connectivity index (χ0v) is 21.6. The average molecular weight is 537 g/mol. The summed E-state index contributed by atoms with van der Waals surface area (Å²) in [7, 11) is 0. The Bertz CT molecular complexity index is 1820. The SMILES string of the molecule is Fc1ccc(-c2nccc3[nH]c(-c4n[nH]c5ncc(-c6cncc(CNCC7CCCC7)c6)c(F)c45)nc23)cc1. The zero-order valence-electron chi connectivity index (χ0n) is 21.6. The molecule has 6 aromatic rings. The molecule has 5 heterocycles. The van der Waals surface area contributed by atoms with Crippen LogP contribution in [0.15, 0.2) is 61.2 Å². The molecule has 0 aliphatic heterocycles. The predicted molar refractivity (Wildman–Crippen MR) is 149 cm³/mol. The molecule has 7 rings (SSSR count). The van der Waals surface area contributed by atoms with Crippen LogP contribution < -0.4 is 5.32 Å². The highest BCUT2D eigenvalue weighted by molar-refractivity contribution is 5.96. The van der Waals surface area contributed by atoms with E-state index in [2.05, 4.69) is 35.5 Å². The van der Waals surface area contributed by atoms with Crippen molar-refractivity contribution >= 4 is 22.1 Å². The van der Waals surface area contributed by atoms with Gasteiger partial charge in [0.1, 0.15) is 22.8 Å². The van der Waals surface area contributed by atoms with Gasteiger partial charge in [-0.3, -0.25) is 15.1 Å². The Hall–Kier alpha value is -4.57. The summed E-state index contributed by atoms with van der Waals surface area (Å²) in [5.74, 6) is 0.324.